The molecule has 0 aromatic heterocycles. The van der Waals surface area contributed by atoms with Gasteiger partial charge in [-0.3, -0.25) is 14.4 Å². The molecule has 1 aliphatic heterocycles. The average molecular weight is 334 g/mol. The Kier molecular flexibility index (Phi) is 7.59. The molecular weight excluding hydrogens is 304 g/mol. The third-order valence-corrected chi connectivity index (χ3v) is 4.70. The molecule has 1 aliphatic rings. The van der Waals surface area contributed by atoms with Crippen molar-refractivity contribution in [3.63, 3.8) is 0 Å². The quantitative estimate of drug-likeness (QED) is 0.539. The van der Waals surface area contributed by atoms with Gasteiger partial charge in [0.25, 0.3) is 0 Å². The van der Waals surface area contributed by atoms with Crippen LogP contribution in [0.25, 0.3) is 0 Å². The molecule has 1 rings (SSSR count). The van der Waals surface area contributed by atoms with Gasteiger partial charge in [0.05, 0.1) is 0 Å². The third-order valence-electron chi connectivity index (χ3n) is 4.70. The molecule has 4 heteroatoms. The van der Waals surface area contributed by atoms with Crippen molar-refractivity contribution >= 4 is 17.5 Å². The highest BCUT2D eigenvalue weighted by Gasteiger charge is 2.28. The lowest BCUT2D eigenvalue weighted by Crippen LogP contribution is -2.31. The number of cyclic esters (lactones) is 1. The lowest BCUT2D eigenvalue weighted by atomic mass is 9.89. The SMILES string of the molecule is CC[C@@H]1OC(=O)[C@H](C)C(=O)/C(C)=C/[C@H](C)C[C@@H](C)C(=O)/C=C\[C@@H]1C. The Labute approximate surface area is 145 Å². The third kappa shape index (κ3) is 5.43. The van der Waals surface area contributed by atoms with Crippen LogP contribution in [-0.2, 0) is 19.1 Å². The molecule has 4 nitrogen and oxygen atoms in total. The molecule has 0 aromatic rings. The summed E-state index contributed by atoms with van der Waals surface area (Å²) in [6.07, 6.45) is 6.25. The van der Waals surface area contributed by atoms with Gasteiger partial charge in [0.2, 0.25) is 0 Å². The van der Waals surface area contributed by atoms with Crippen molar-refractivity contribution in [3.05, 3.63) is 23.8 Å². The van der Waals surface area contributed by atoms with E-state index in [9.17, 15) is 14.4 Å². The summed E-state index contributed by atoms with van der Waals surface area (Å²) in [6.45, 7) is 11.1. The summed E-state index contributed by atoms with van der Waals surface area (Å²) in [4.78, 5) is 37.0. The molecule has 0 aliphatic carbocycles. The largest absolute Gasteiger partial charge is 0.461 e. The number of Topliss-reactive ketones (excluding diaryl/α,β-unsaturated/α-hetero) is 1. The first-order valence-corrected chi connectivity index (χ1v) is 8.82. The molecule has 1 heterocycles. The first-order valence-electron chi connectivity index (χ1n) is 8.82. The van der Waals surface area contributed by atoms with Gasteiger partial charge in [-0.2, -0.15) is 0 Å². The molecule has 0 saturated carbocycles. The summed E-state index contributed by atoms with van der Waals surface area (Å²) in [5.41, 5.74) is 0.556. The number of hydrogen-bond donors (Lipinski definition) is 0. The van der Waals surface area contributed by atoms with Crippen molar-refractivity contribution < 1.29 is 19.1 Å². The molecule has 5 atom stereocenters. The van der Waals surface area contributed by atoms with E-state index in [2.05, 4.69) is 0 Å². The summed E-state index contributed by atoms with van der Waals surface area (Å²) in [5, 5.41) is 0. The Morgan fingerprint density at radius 2 is 1.75 bits per heavy atom. The molecule has 0 N–H and O–H groups in total. The van der Waals surface area contributed by atoms with Gasteiger partial charge in [-0.05, 0) is 44.3 Å². The van der Waals surface area contributed by atoms with E-state index < -0.39 is 11.9 Å². The minimum Gasteiger partial charge on any atom is -0.461 e. The Morgan fingerprint density at radius 3 is 2.33 bits per heavy atom. The summed E-state index contributed by atoms with van der Waals surface area (Å²) in [6, 6.07) is 0. The molecule has 0 amide bonds. The van der Waals surface area contributed by atoms with E-state index in [0.717, 1.165) is 0 Å². The fraction of sp³-hybridized carbons (Fsp3) is 0.650. The maximum atomic E-state index is 12.4. The molecular formula is C20H30O4. The van der Waals surface area contributed by atoms with Gasteiger partial charge in [-0.15, -0.1) is 0 Å². The lowest BCUT2D eigenvalue weighted by Gasteiger charge is -2.23. The highest BCUT2D eigenvalue weighted by molar-refractivity contribution is 6.07. The van der Waals surface area contributed by atoms with Gasteiger partial charge < -0.3 is 4.74 Å². The molecule has 0 aromatic carbocycles. The smallest absolute Gasteiger partial charge is 0.316 e. The number of carbonyl (C=O) groups excluding carboxylic acids is 3. The van der Waals surface area contributed by atoms with Gasteiger partial charge in [0, 0.05) is 11.8 Å². The van der Waals surface area contributed by atoms with Crippen LogP contribution in [0.15, 0.2) is 23.8 Å². The normalized spacial score (nSPS) is 37.2. The lowest BCUT2D eigenvalue weighted by molar-refractivity contribution is -0.157. The van der Waals surface area contributed by atoms with Crippen LogP contribution in [-0.4, -0.2) is 23.6 Å². The van der Waals surface area contributed by atoms with Crippen LogP contribution in [0.5, 0.6) is 0 Å². The monoisotopic (exact) mass is 334 g/mol. The van der Waals surface area contributed by atoms with Crippen LogP contribution in [0.4, 0.5) is 0 Å². The minimum atomic E-state index is -0.805. The number of carbonyl (C=O) groups is 3. The molecule has 0 spiro atoms. The van der Waals surface area contributed by atoms with E-state index in [1.807, 2.05) is 39.8 Å². The summed E-state index contributed by atoms with van der Waals surface area (Å²) < 4.78 is 5.53. The highest BCUT2D eigenvalue weighted by Crippen LogP contribution is 2.21. The number of hydrogen-bond acceptors (Lipinski definition) is 4. The fourth-order valence-electron chi connectivity index (χ4n) is 3.05. The topological polar surface area (TPSA) is 60.4 Å². The van der Waals surface area contributed by atoms with Gasteiger partial charge in [-0.1, -0.05) is 39.8 Å². The molecule has 0 unspecified atom stereocenters. The second kappa shape index (κ2) is 8.95. The van der Waals surface area contributed by atoms with Gasteiger partial charge in [0.15, 0.2) is 11.6 Å². The zero-order valence-corrected chi connectivity index (χ0v) is 15.7. The van der Waals surface area contributed by atoms with Crippen molar-refractivity contribution in [1.29, 1.82) is 0 Å². The first-order chi connectivity index (χ1) is 11.2. The predicted molar refractivity (Wildman–Crippen MR) is 94.4 cm³/mol. The van der Waals surface area contributed by atoms with E-state index in [-0.39, 0.29) is 35.4 Å². The van der Waals surface area contributed by atoms with Crippen molar-refractivity contribution in [2.24, 2.45) is 23.7 Å². The van der Waals surface area contributed by atoms with Gasteiger partial charge >= 0.3 is 5.97 Å². The Bertz CT molecular complexity index is 544. The van der Waals surface area contributed by atoms with Crippen LogP contribution in [0.1, 0.15) is 54.4 Å². The van der Waals surface area contributed by atoms with Crippen molar-refractivity contribution in [1.82, 2.24) is 0 Å². The maximum absolute atomic E-state index is 12.4. The highest BCUT2D eigenvalue weighted by atomic mass is 16.5. The number of esters is 1. The minimum absolute atomic E-state index is 0.0673. The number of ketones is 2. The maximum Gasteiger partial charge on any atom is 0.316 e. The number of allylic oxidation sites excluding steroid dienone is 3. The average Bonchev–Trinajstić information content (AvgIpc) is 2.54. The van der Waals surface area contributed by atoms with Crippen LogP contribution >= 0.6 is 0 Å². The molecule has 0 fully saturated rings. The second-order valence-corrected chi connectivity index (χ2v) is 7.05. The molecule has 0 bridgehead atoms. The Balaban J connectivity index is 3.16. The zero-order chi connectivity index (χ0) is 18.4. The van der Waals surface area contributed by atoms with Crippen LogP contribution in [0, 0.1) is 23.7 Å². The van der Waals surface area contributed by atoms with E-state index in [1.54, 1.807) is 19.9 Å². The first kappa shape index (κ1) is 20.3. The van der Waals surface area contributed by atoms with Gasteiger partial charge in [0.1, 0.15) is 12.0 Å². The fourth-order valence-corrected chi connectivity index (χ4v) is 3.05. The predicted octanol–water partition coefficient (Wildman–Crippen LogP) is 3.90. The molecule has 0 radical (unpaired) electrons. The van der Waals surface area contributed by atoms with E-state index >= 15 is 0 Å². The van der Waals surface area contributed by atoms with E-state index in [0.29, 0.717) is 18.4 Å². The second-order valence-electron chi connectivity index (χ2n) is 7.05. The standard InChI is InChI=1S/C20H30O4/c1-7-18-13(3)8-9-17(21)14(4)10-12(2)11-15(5)19(22)16(6)20(23)24-18/h8-9,11-14,16,18H,7,10H2,1-6H3/b9-8-,15-11+/t12-,13+,14-,16-,18+/m1/s1. The van der Waals surface area contributed by atoms with Crippen molar-refractivity contribution in [2.75, 3.05) is 0 Å². The van der Waals surface area contributed by atoms with Crippen molar-refractivity contribution in [2.45, 2.75) is 60.5 Å². The van der Waals surface area contributed by atoms with Gasteiger partial charge in [-0.25, -0.2) is 0 Å². The van der Waals surface area contributed by atoms with Crippen molar-refractivity contribution in [3.8, 4) is 0 Å². The molecule has 24 heavy (non-hydrogen) atoms. The van der Waals surface area contributed by atoms with E-state index in [1.165, 1.54) is 0 Å². The summed E-state index contributed by atoms with van der Waals surface area (Å²) >= 11 is 0. The number of ether oxygens (including phenoxy) is 1. The molecule has 0 saturated heterocycles. The summed E-state index contributed by atoms with van der Waals surface area (Å²) in [5.74, 6) is -1.53. The van der Waals surface area contributed by atoms with Crippen LogP contribution in [0.3, 0.4) is 0 Å². The zero-order valence-electron chi connectivity index (χ0n) is 15.7. The van der Waals surface area contributed by atoms with E-state index in [4.69, 9.17) is 4.74 Å². The Morgan fingerprint density at radius 1 is 1.12 bits per heavy atom. The van der Waals surface area contributed by atoms with Crippen LogP contribution < -0.4 is 0 Å². The van der Waals surface area contributed by atoms with Crippen LogP contribution in [0.2, 0.25) is 0 Å². The Hall–Kier alpha value is -1.71. The number of rotatable bonds is 1. The molecule has 134 valence electrons. The summed E-state index contributed by atoms with van der Waals surface area (Å²) in [7, 11) is 0.